The van der Waals surface area contributed by atoms with E-state index >= 15 is 0 Å². The first-order chi connectivity index (χ1) is 6.20. The third-order valence-corrected chi connectivity index (χ3v) is 2.08. The predicted octanol–water partition coefficient (Wildman–Crippen LogP) is -3.99. The summed E-state index contributed by atoms with van der Waals surface area (Å²) in [7, 11) is -4.11. The van der Waals surface area contributed by atoms with Crippen LogP contribution in [-0.4, -0.2) is 59.3 Å². The molecular formula is C7H18NNaO5S. The molecule has 0 aliphatic rings. The van der Waals surface area contributed by atoms with E-state index in [9.17, 15) is 8.42 Å². The predicted molar refractivity (Wildman–Crippen MR) is 52.5 cm³/mol. The minimum Gasteiger partial charge on any atom is -1.00 e. The molecule has 0 aromatic carbocycles. The zero-order chi connectivity index (χ0) is 11.4. The second kappa shape index (κ2) is 7.97. The second-order valence-electron chi connectivity index (χ2n) is 3.45. The van der Waals surface area contributed by atoms with Crippen molar-refractivity contribution in [1.82, 2.24) is 4.90 Å². The molecule has 0 aromatic rings. The molecule has 2 unspecified atom stereocenters. The maximum atomic E-state index is 10.6. The summed E-state index contributed by atoms with van der Waals surface area (Å²) in [5, 5.41) is 18.1. The summed E-state index contributed by atoms with van der Waals surface area (Å²) in [4.78, 5) is 1.27. The Balaban J connectivity index is -0.000000845. The van der Waals surface area contributed by atoms with E-state index in [1.165, 1.54) is 18.7 Å². The Morgan fingerprint density at radius 1 is 1.20 bits per heavy atom. The van der Waals surface area contributed by atoms with Crippen LogP contribution in [0.2, 0.25) is 0 Å². The Morgan fingerprint density at radius 2 is 1.53 bits per heavy atom. The van der Waals surface area contributed by atoms with Crippen LogP contribution in [0, 0.1) is 0 Å². The molecule has 0 fully saturated rings. The standard InChI is InChI=1S/C7H17NO5S.Na.H/c1-6(9)3-8(4-7(2)10)5-14(11,12)13;;/h6-7,9-10H,3-5H2,1-2H3,(H,11,12,13);;/q;+1;-1. The van der Waals surface area contributed by atoms with E-state index in [0.29, 0.717) is 0 Å². The van der Waals surface area contributed by atoms with E-state index in [1.54, 1.807) is 0 Å². The van der Waals surface area contributed by atoms with Gasteiger partial charge in [0, 0.05) is 13.1 Å². The largest absolute Gasteiger partial charge is 1.00 e. The molecule has 6 nitrogen and oxygen atoms in total. The summed E-state index contributed by atoms with van der Waals surface area (Å²) < 4.78 is 29.7. The van der Waals surface area contributed by atoms with E-state index < -0.39 is 28.2 Å². The molecule has 15 heavy (non-hydrogen) atoms. The number of hydrogen-bond acceptors (Lipinski definition) is 5. The van der Waals surface area contributed by atoms with Crippen LogP contribution < -0.4 is 29.6 Å². The van der Waals surface area contributed by atoms with Crippen molar-refractivity contribution < 1.29 is 54.2 Å². The molecule has 2 atom stereocenters. The third kappa shape index (κ3) is 12.7. The Morgan fingerprint density at radius 3 is 1.73 bits per heavy atom. The number of nitrogens with zero attached hydrogens (tertiary/aromatic N) is 1. The van der Waals surface area contributed by atoms with E-state index in [0.717, 1.165) is 0 Å². The molecule has 0 amide bonds. The molecule has 0 aliphatic heterocycles. The average molecular weight is 251 g/mol. The van der Waals surface area contributed by atoms with Gasteiger partial charge in [-0.05, 0) is 13.8 Å². The van der Waals surface area contributed by atoms with Crippen LogP contribution in [0.1, 0.15) is 15.3 Å². The topological polar surface area (TPSA) is 98.1 Å². The zero-order valence-electron chi connectivity index (χ0n) is 10.3. The van der Waals surface area contributed by atoms with Crippen molar-refractivity contribution in [2.24, 2.45) is 0 Å². The van der Waals surface area contributed by atoms with Crippen molar-refractivity contribution in [3.05, 3.63) is 0 Å². The minimum absolute atomic E-state index is 0. The van der Waals surface area contributed by atoms with Gasteiger partial charge in [0.15, 0.2) is 0 Å². The van der Waals surface area contributed by atoms with Crippen molar-refractivity contribution in [2.45, 2.75) is 26.1 Å². The van der Waals surface area contributed by atoms with Gasteiger partial charge in [0.25, 0.3) is 10.1 Å². The maximum absolute atomic E-state index is 10.6. The summed E-state index contributed by atoms with van der Waals surface area (Å²) >= 11 is 0. The first-order valence-corrected chi connectivity index (χ1v) is 5.85. The molecule has 0 heterocycles. The summed E-state index contributed by atoms with van der Waals surface area (Å²) in [5.74, 6) is -0.581. The van der Waals surface area contributed by atoms with E-state index in [-0.39, 0.29) is 44.1 Å². The first-order valence-electron chi connectivity index (χ1n) is 4.24. The minimum atomic E-state index is -4.11. The Bertz CT molecular complexity index is 250. The van der Waals surface area contributed by atoms with Gasteiger partial charge in [-0.2, -0.15) is 8.42 Å². The smallest absolute Gasteiger partial charge is 1.00 e. The van der Waals surface area contributed by atoms with Crippen molar-refractivity contribution in [3.8, 4) is 0 Å². The van der Waals surface area contributed by atoms with Crippen molar-refractivity contribution in [1.29, 1.82) is 0 Å². The van der Waals surface area contributed by atoms with Crippen LogP contribution in [0.4, 0.5) is 0 Å². The Kier molecular flexibility index (Phi) is 9.65. The number of aliphatic hydroxyl groups excluding tert-OH is 2. The van der Waals surface area contributed by atoms with E-state index in [1.807, 2.05) is 0 Å². The van der Waals surface area contributed by atoms with Crippen LogP contribution in [-0.2, 0) is 10.1 Å². The van der Waals surface area contributed by atoms with Gasteiger partial charge in [0.1, 0.15) is 5.88 Å². The fourth-order valence-corrected chi connectivity index (χ4v) is 1.83. The van der Waals surface area contributed by atoms with Crippen LogP contribution in [0.25, 0.3) is 0 Å². The van der Waals surface area contributed by atoms with Crippen LogP contribution in [0.15, 0.2) is 0 Å². The van der Waals surface area contributed by atoms with Gasteiger partial charge in [0.2, 0.25) is 0 Å². The van der Waals surface area contributed by atoms with Crippen LogP contribution in [0.5, 0.6) is 0 Å². The Labute approximate surface area is 114 Å². The number of hydrogen-bond donors (Lipinski definition) is 3. The molecule has 0 spiro atoms. The van der Waals surface area contributed by atoms with E-state index in [2.05, 4.69) is 0 Å². The normalized spacial score (nSPS) is 15.9. The van der Waals surface area contributed by atoms with Gasteiger partial charge in [-0.3, -0.25) is 9.45 Å². The molecule has 0 saturated heterocycles. The second-order valence-corrected chi connectivity index (χ2v) is 4.87. The summed E-state index contributed by atoms with van der Waals surface area (Å²) in [6.45, 7) is 3.17. The molecule has 0 rings (SSSR count). The Hall–Kier alpha value is 0.790. The molecule has 0 radical (unpaired) electrons. The molecule has 88 valence electrons. The van der Waals surface area contributed by atoms with Gasteiger partial charge in [0.05, 0.1) is 12.2 Å². The third-order valence-electron chi connectivity index (χ3n) is 1.39. The van der Waals surface area contributed by atoms with Crippen LogP contribution >= 0.6 is 0 Å². The summed E-state index contributed by atoms with van der Waals surface area (Å²) in [6, 6.07) is 0. The molecule has 0 bridgehead atoms. The van der Waals surface area contributed by atoms with Crippen molar-refractivity contribution in [2.75, 3.05) is 19.0 Å². The van der Waals surface area contributed by atoms with Gasteiger partial charge in [-0.15, -0.1) is 0 Å². The van der Waals surface area contributed by atoms with Gasteiger partial charge < -0.3 is 11.6 Å². The quantitative estimate of drug-likeness (QED) is 0.329. The average Bonchev–Trinajstić information content (AvgIpc) is 1.77. The number of aliphatic hydroxyl groups is 2. The zero-order valence-corrected chi connectivity index (χ0v) is 12.1. The van der Waals surface area contributed by atoms with Crippen molar-refractivity contribution >= 4 is 10.1 Å². The molecular weight excluding hydrogens is 233 g/mol. The summed E-state index contributed by atoms with van der Waals surface area (Å²) in [5.41, 5.74) is 0. The maximum Gasteiger partial charge on any atom is 1.00 e. The molecule has 0 aliphatic carbocycles. The number of rotatable bonds is 6. The van der Waals surface area contributed by atoms with E-state index in [4.69, 9.17) is 14.8 Å². The molecule has 8 heteroatoms. The van der Waals surface area contributed by atoms with Gasteiger partial charge in [-0.1, -0.05) is 0 Å². The van der Waals surface area contributed by atoms with Gasteiger partial charge >= 0.3 is 29.6 Å². The summed E-state index contributed by atoms with van der Waals surface area (Å²) in [6.07, 6.45) is -1.43. The SMILES string of the molecule is CC(O)CN(CC(C)O)CS(=O)(=O)O.[H-].[Na+]. The fourth-order valence-electron chi connectivity index (χ4n) is 1.16. The molecule has 0 aromatic heterocycles. The molecule has 3 N–H and O–H groups in total. The monoisotopic (exact) mass is 251 g/mol. The van der Waals surface area contributed by atoms with Crippen LogP contribution in [0.3, 0.4) is 0 Å². The van der Waals surface area contributed by atoms with Gasteiger partial charge in [-0.25, -0.2) is 0 Å². The van der Waals surface area contributed by atoms with Crippen molar-refractivity contribution in [3.63, 3.8) is 0 Å². The molecule has 0 saturated carbocycles. The first kappa shape index (κ1) is 18.2. The fraction of sp³-hybridized carbons (Fsp3) is 1.00.